The second-order valence-corrected chi connectivity index (χ2v) is 6.12. The third-order valence-electron chi connectivity index (χ3n) is 4.27. The first-order valence-electron chi connectivity index (χ1n) is 7.89. The maximum atomic E-state index is 12.2. The fourth-order valence-electron chi connectivity index (χ4n) is 3.10. The summed E-state index contributed by atoms with van der Waals surface area (Å²) in [4.78, 5) is 27.0. The molecule has 0 aliphatic heterocycles. The van der Waals surface area contributed by atoms with Crippen LogP contribution in [0.2, 0.25) is 0 Å². The maximum Gasteiger partial charge on any atom is 0.350 e. The van der Waals surface area contributed by atoms with Crippen LogP contribution in [0.1, 0.15) is 11.5 Å². The van der Waals surface area contributed by atoms with E-state index in [-0.39, 0.29) is 11.2 Å². The molecule has 0 spiro atoms. The maximum absolute atomic E-state index is 12.2. The summed E-state index contributed by atoms with van der Waals surface area (Å²) in [5.74, 6) is 0.636. The Hall–Kier alpha value is -3.35. The third-order valence-corrected chi connectivity index (χ3v) is 4.27. The van der Waals surface area contributed by atoms with E-state index in [1.54, 1.807) is 18.5 Å². The zero-order chi connectivity index (χ0) is 17.7. The summed E-state index contributed by atoms with van der Waals surface area (Å²) in [5, 5.41) is 4.14. The Morgan fingerprint density at radius 3 is 2.36 bits per heavy atom. The lowest BCUT2D eigenvalue weighted by Crippen LogP contribution is -2.21. The largest absolute Gasteiger partial charge is 0.350 e. The van der Waals surface area contributed by atoms with Gasteiger partial charge >= 0.3 is 5.69 Å². The van der Waals surface area contributed by atoms with E-state index in [4.69, 9.17) is 0 Å². The van der Waals surface area contributed by atoms with Crippen LogP contribution in [-0.4, -0.2) is 23.7 Å². The second kappa shape index (κ2) is 5.34. The average Bonchev–Trinajstić information content (AvgIpc) is 3.09. The highest BCUT2D eigenvalue weighted by Crippen LogP contribution is 2.23. The van der Waals surface area contributed by atoms with Gasteiger partial charge in [-0.15, -0.1) is 0 Å². The molecule has 0 amide bonds. The lowest BCUT2D eigenvalue weighted by molar-refractivity contribution is 0.723. The molecule has 25 heavy (non-hydrogen) atoms. The summed E-state index contributed by atoms with van der Waals surface area (Å²) >= 11 is 0. The molecule has 7 heteroatoms. The van der Waals surface area contributed by atoms with Crippen molar-refractivity contribution in [2.75, 3.05) is 0 Å². The Kier molecular flexibility index (Phi) is 3.24. The number of aryl methyl sites for hydroxylation is 3. The third kappa shape index (κ3) is 2.40. The zero-order valence-electron chi connectivity index (χ0n) is 14.1. The molecule has 0 atom stereocenters. The molecule has 4 rings (SSSR count). The summed E-state index contributed by atoms with van der Waals surface area (Å²) in [6.45, 7) is 3.65. The van der Waals surface area contributed by atoms with E-state index in [0.29, 0.717) is 11.3 Å². The molecule has 0 saturated carbocycles. The summed E-state index contributed by atoms with van der Waals surface area (Å²) in [6, 6.07) is 9.48. The molecular formula is C18H17N5O2. The minimum absolute atomic E-state index is 0.111. The molecule has 0 radical (unpaired) electrons. The number of hydrogen-bond acceptors (Lipinski definition) is 3. The number of aromatic nitrogens is 5. The molecule has 0 aliphatic rings. The van der Waals surface area contributed by atoms with Crippen LogP contribution < -0.4 is 11.2 Å². The van der Waals surface area contributed by atoms with Crippen molar-refractivity contribution in [1.82, 2.24) is 23.7 Å². The summed E-state index contributed by atoms with van der Waals surface area (Å²) in [5.41, 5.74) is 3.79. The van der Waals surface area contributed by atoms with Crippen LogP contribution in [0.25, 0.3) is 22.3 Å². The Balaban J connectivity index is 1.79. The first-order chi connectivity index (χ1) is 11.9. The van der Waals surface area contributed by atoms with Crippen molar-refractivity contribution in [3.63, 3.8) is 0 Å². The van der Waals surface area contributed by atoms with Crippen molar-refractivity contribution in [2.24, 2.45) is 7.05 Å². The summed E-state index contributed by atoms with van der Waals surface area (Å²) in [6.07, 6.45) is 3.81. The number of benzene rings is 1. The van der Waals surface area contributed by atoms with E-state index in [1.807, 2.05) is 54.0 Å². The van der Waals surface area contributed by atoms with Gasteiger partial charge in [0.1, 0.15) is 11.3 Å². The number of nitrogens with zero attached hydrogens (tertiary/aromatic N) is 4. The Morgan fingerprint density at radius 1 is 1.00 bits per heavy atom. The Bertz CT molecular complexity index is 1210. The fraction of sp³-hybridized carbons (Fsp3) is 0.167. The minimum atomic E-state index is -0.179. The Morgan fingerprint density at radius 2 is 1.72 bits per heavy atom. The van der Waals surface area contributed by atoms with Gasteiger partial charge in [-0.2, -0.15) is 5.10 Å². The quantitative estimate of drug-likeness (QED) is 0.607. The minimum Gasteiger partial charge on any atom is -0.323 e. The monoisotopic (exact) mass is 335 g/mol. The number of aromatic amines is 1. The second-order valence-electron chi connectivity index (χ2n) is 6.12. The van der Waals surface area contributed by atoms with Crippen molar-refractivity contribution in [3.05, 3.63) is 75.1 Å². The molecule has 126 valence electrons. The van der Waals surface area contributed by atoms with Gasteiger partial charge in [0.25, 0.3) is 5.56 Å². The summed E-state index contributed by atoms with van der Waals surface area (Å²) < 4.78 is 4.71. The van der Waals surface area contributed by atoms with Crippen LogP contribution in [0.5, 0.6) is 0 Å². The highest BCUT2D eigenvalue weighted by atomic mass is 16.2. The van der Waals surface area contributed by atoms with E-state index >= 15 is 0 Å². The topological polar surface area (TPSA) is 77.1 Å². The first-order valence-corrected chi connectivity index (χ1v) is 7.89. The molecule has 0 saturated heterocycles. The van der Waals surface area contributed by atoms with Crippen molar-refractivity contribution in [3.8, 4) is 16.8 Å². The highest BCUT2D eigenvalue weighted by Gasteiger charge is 2.10. The highest BCUT2D eigenvalue weighted by molar-refractivity contribution is 5.70. The van der Waals surface area contributed by atoms with Crippen molar-refractivity contribution in [2.45, 2.75) is 13.8 Å². The van der Waals surface area contributed by atoms with E-state index < -0.39 is 0 Å². The summed E-state index contributed by atoms with van der Waals surface area (Å²) in [7, 11) is 1.63. The van der Waals surface area contributed by atoms with Gasteiger partial charge < -0.3 is 9.38 Å². The van der Waals surface area contributed by atoms with Gasteiger partial charge in [0, 0.05) is 30.7 Å². The zero-order valence-corrected chi connectivity index (χ0v) is 14.1. The van der Waals surface area contributed by atoms with E-state index in [9.17, 15) is 9.59 Å². The van der Waals surface area contributed by atoms with Gasteiger partial charge in [0.2, 0.25) is 0 Å². The molecule has 3 aromatic heterocycles. The molecule has 3 heterocycles. The molecule has 0 bridgehead atoms. The van der Waals surface area contributed by atoms with Crippen LogP contribution in [0.3, 0.4) is 0 Å². The van der Waals surface area contributed by atoms with Crippen molar-refractivity contribution < 1.29 is 0 Å². The molecule has 4 aromatic rings. The smallest absolute Gasteiger partial charge is 0.323 e. The SMILES string of the molecule is Cc1cn2cc(-c3ccc(-n4c(C)nn(C)c4=O)cc3)cc2c(=O)[nH]1. The van der Waals surface area contributed by atoms with Gasteiger partial charge in [-0.25, -0.2) is 14.0 Å². The Labute approximate surface area is 142 Å². The van der Waals surface area contributed by atoms with E-state index in [0.717, 1.165) is 22.5 Å². The number of H-pyrrole nitrogens is 1. The molecule has 1 N–H and O–H groups in total. The van der Waals surface area contributed by atoms with E-state index in [1.165, 1.54) is 4.68 Å². The van der Waals surface area contributed by atoms with Crippen LogP contribution in [0.4, 0.5) is 0 Å². The molecular weight excluding hydrogens is 318 g/mol. The average molecular weight is 335 g/mol. The van der Waals surface area contributed by atoms with Crippen molar-refractivity contribution >= 4 is 5.52 Å². The van der Waals surface area contributed by atoms with Crippen molar-refractivity contribution in [1.29, 1.82) is 0 Å². The standard InChI is InChI=1S/C18H17N5O2/c1-11-9-22-10-14(8-16(22)17(24)19-11)13-4-6-15(7-5-13)23-12(2)20-21(3)18(23)25/h4-10H,1-3H3,(H,19,24). The van der Waals surface area contributed by atoms with Gasteiger partial charge in [-0.3, -0.25) is 4.79 Å². The number of fused-ring (bicyclic) bond motifs is 1. The fourth-order valence-corrected chi connectivity index (χ4v) is 3.10. The molecule has 0 fully saturated rings. The predicted molar refractivity (Wildman–Crippen MR) is 95.3 cm³/mol. The molecule has 1 aromatic carbocycles. The van der Waals surface area contributed by atoms with Crippen LogP contribution in [-0.2, 0) is 7.05 Å². The van der Waals surface area contributed by atoms with Crippen LogP contribution >= 0.6 is 0 Å². The van der Waals surface area contributed by atoms with Crippen LogP contribution in [0.15, 0.2) is 52.3 Å². The number of rotatable bonds is 2. The van der Waals surface area contributed by atoms with Gasteiger partial charge in [0.05, 0.1) is 5.69 Å². The number of hydrogen-bond donors (Lipinski definition) is 1. The lowest BCUT2D eigenvalue weighted by atomic mass is 10.1. The van der Waals surface area contributed by atoms with Crippen LogP contribution in [0, 0.1) is 13.8 Å². The lowest BCUT2D eigenvalue weighted by Gasteiger charge is -2.04. The normalized spacial score (nSPS) is 11.3. The van der Waals surface area contributed by atoms with E-state index in [2.05, 4.69) is 10.1 Å². The predicted octanol–water partition coefficient (Wildman–Crippen LogP) is 1.80. The molecule has 7 nitrogen and oxygen atoms in total. The number of nitrogens with one attached hydrogen (secondary N) is 1. The van der Waals surface area contributed by atoms with Gasteiger partial charge in [-0.05, 0) is 37.6 Å². The first kappa shape index (κ1) is 15.2. The molecule has 0 unspecified atom stereocenters. The molecule has 0 aliphatic carbocycles. The van der Waals surface area contributed by atoms with Gasteiger partial charge in [0.15, 0.2) is 0 Å². The van der Waals surface area contributed by atoms with Gasteiger partial charge in [-0.1, -0.05) is 12.1 Å².